The maximum Gasteiger partial charge on any atom is 0.268 e. The van der Waals surface area contributed by atoms with Gasteiger partial charge in [0.25, 0.3) is 10.0 Å². The third kappa shape index (κ3) is 3.43. The fraction of sp³-hybridized carbons (Fsp3) is 0.111. The Hall–Kier alpha value is -3.37. The Bertz CT molecular complexity index is 1500. The number of fused-ring (bicyclic) bond motifs is 2. The highest BCUT2D eigenvalue weighted by molar-refractivity contribution is 7.90. The van der Waals surface area contributed by atoms with Crippen LogP contribution in [0.3, 0.4) is 0 Å². The van der Waals surface area contributed by atoms with Gasteiger partial charge in [-0.05, 0) is 64.2 Å². The van der Waals surface area contributed by atoms with E-state index in [0.717, 1.165) is 40.4 Å². The third-order valence-corrected chi connectivity index (χ3v) is 7.44. The van der Waals surface area contributed by atoms with Crippen LogP contribution in [0.25, 0.3) is 32.8 Å². The van der Waals surface area contributed by atoms with E-state index in [1.165, 1.54) is 14.7 Å². The first-order chi connectivity index (χ1) is 15.1. The van der Waals surface area contributed by atoms with Gasteiger partial charge >= 0.3 is 0 Å². The van der Waals surface area contributed by atoms with Crippen molar-refractivity contribution < 1.29 is 8.42 Å². The van der Waals surface area contributed by atoms with Crippen molar-refractivity contribution in [3.8, 4) is 11.1 Å². The van der Waals surface area contributed by atoms with Gasteiger partial charge in [0.2, 0.25) is 0 Å². The molecule has 5 aromatic rings. The highest BCUT2D eigenvalue weighted by Crippen LogP contribution is 2.32. The minimum Gasteiger partial charge on any atom is -0.241 e. The van der Waals surface area contributed by atoms with E-state index >= 15 is 0 Å². The maximum atomic E-state index is 13.3. The van der Waals surface area contributed by atoms with E-state index in [4.69, 9.17) is 0 Å². The molecule has 154 valence electrons. The van der Waals surface area contributed by atoms with E-state index in [0.29, 0.717) is 4.90 Å². The second-order valence-electron chi connectivity index (χ2n) is 7.81. The lowest BCUT2D eigenvalue weighted by molar-refractivity contribution is 0.589. The number of rotatable bonds is 5. The number of benzene rings is 4. The topological polar surface area (TPSA) is 39.1 Å². The van der Waals surface area contributed by atoms with Gasteiger partial charge in [-0.3, -0.25) is 0 Å². The summed E-state index contributed by atoms with van der Waals surface area (Å²) in [4.78, 5) is 0.300. The molecule has 0 bridgehead atoms. The predicted molar refractivity (Wildman–Crippen MR) is 128 cm³/mol. The minimum absolute atomic E-state index is 0.300. The van der Waals surface area contributed by atoms with Gasteiger partial charge in [0.05, 0.1) is 10.4 Å². The first kappa shape index (κ1) is 19.6. The SMILES string of the molecule is CCCc1cn(S(=O)(=O)c2ccccc2)c2ccc(-c3ccc4ccccc4c3)cc12. The summed E-state index contributed by atoms with van der Waals surface area (Å²) >= 11 is 0. The molecule has 0 N–H and O–H groups in total. The van der Waals surface area contributed by atoms with Crippen LogP contribution in [0.15, 0.2) is 102 Å². The van der Waals surface area contributed by atoms with Crippen LogP contribution in [-0.2, 0) is 16.4 Å². The molecule has 0 saturated carbocycles. The predicted octanol–water partition coefficient (Wildman–Crippen LogP) is 6.65. The summed E-state index contributed by atoms with van der Waals surface area (Å²) in [5.74, 6) is 0. The quantitative estimate of drug-likeness (QED) is 0.316. The van der Waals surface area contributed by atoms with E-state index in [1.807, 2.05) is 30.3 Å². The van der Waals surface area contributed by atoms with Crippen LogP contribution in [0, 0.1) is 0 Å². The fourth-order valence-corrected chi connectivity index (χ4v) is 5.60. The molecule has 0 saturated heterocycles. The number of nitrogens with zero attached hydrogens (tertiary/aromatic N) is 1. The van der Waals surface area contributed by atoms with Crippen molar-refractivity contribution in [3.05, 3.63) is 103 Å². The monoisotopic (exact) mass is 425 g/mol. The Labute approximate surface area is 182 Å². The van der Waals surface area contributed by atoms with Crippen LogP contribution in [0.1, 0.15) is 18.9 Å². The molecule has 0 fully saturated rings. The van der Waals surface area contributed by atoms with Crippen molar-refractivity contribution >= 4 is 31.7 Å². The lowest BCUT2D eigenvalue weighted by Gasteiger charge is -2.09. The number of aryl methyl sites for hydroxylation is 1. The molecule has 0 aliphatic heterocycles. The van der Waals surface area contributed by atoms with Crippen LogP contribution < -0.4 is 0 Å². The number of hydrogen-bond acceptors (Lipinski definition) is 2. The first-order valence-corrected chi connectivity index (χ1v) is 12.0. The van der Waals surface area contributed by atoms with E-state index in [2.05, 4.69) is 43.3 Å². The Morgan fingerprint density at radius 2 is 1.42 bits per heavy atom. The first-order valence-electron chi connectivity index (χ1n) is 10.5. The van der Waals surface area contributed by atoms with Gasteiger partial charge in [-0.25, -0.2) is 12.4 Å². The molecule has 0 amide bonds. The third-order valence-electron chi connectivity index (χ3n) is 5.76. The summed E-state index contributed by atoms with van der Waals surface area (Å²) in [5, 5.41) is 3.39. The zero-order chi connectivity index (χ0) is 21.4. The molecule has 4 aromatic carbocycles. The van der Waals surface area contributed by atoms with Crippen LogP contribution in [0.2, 0.25) is 0 Å². The Morgan fingerprint density at radius 1 is 0.742 bits per heavy atom. The van der Waals surface area contributed by atoms with Gasteiger partial charge in [-0.15, -0.1) is 0 Å². The molecule has 0 radical (unpaired) electrons. The Morgan fingerprint density at radius 3 is 2.19 bits per heavy atom. The van der Waals surface area contributed by atoms with E-state index in [1.54, 1.807) is 30.5 Å². The number of hydrogen-bond donors (Lipinski definition) is 0. The van der Waals surface area contributed by atoms with Crippen molar-refractivity contribution in [2.24, 2.45) is 0 Å². The molecule has 0 unspecified atom stereocenters. The highest BCUT2D eigenvalue weighted by Gasteiger charge is 2.21. The van der Waals surface area contributed by atoms with E-state index in [-0.39, 0.29) is 0 Å². The summed E-state index contributed by atoms with van der Waals surface area (Å²) in [6.45, 7) is 2.11. The van der Waals surface area contributed by atoms with Crippen molar-refractivity contribution in [3.63, 3.8) is 0 Å². The zero-order valence-electron chi connectivity index (χ0n) is 17.3. The van der Waals surface area contributed by atoms with Gasteiger partial charge in [0.1, 0.15) is 0 Å². The lowest BCUT2D eigenvalue weighted by atomic mass is 9.99. The molecular weight excluding hydrogens is 402 g/mol. The molecule has 31 heavy (non-hydrogen) atoms. The van der Waals surface area contributed by atoms with Crippen LogP contribution in [-0.4, -0.2) is 12.4 Å². The summed E-state index contributed by atoms with van der Waals surface area (Å²) in [7, 11) is -3.65. The molecule has 1 aromatic heterocycles. The maximum absolute atomic E-state index is 13.3. The fourth-order valence-electron chi connectivity index (χ4n) is 4.19. The molecule has 5 rings (SSSR count). The minimum atomic E-state index is -3.65. The van der Waals surface area contributed by atoms with Gasteiger partial charge < -0.3 is 0 Å². The normalized spacial score (nSPS) is 11.9. The second-order valence-corrected chi connectivity index (χ2v) is 9.63. The smallest absolute Gasteiger partial charge is 0.241 e. The average molecular weight is 426 g/mol. The molecule has 3 nitrogen and oxygen atoms in total. The molecule has 0 spiro atoms. The van der Waals surface area contributed by atoms with Crippen molar-refractivity contribution in [2.75, 3.05) is 0 Å². The molecule has 0 aliphatic rings. The molecular formula is C27H23NO2S. The molecule has 0 atom stereocenters. The van der Waals surface area contributed by atoms with Crippen LogP contribution in [0.5, 0.6) is 0 Å². The summed E-state index contributed by atoms with van der Waals surface area (Å²) in [6.07, 6.45) is 3.57. The summed E-state index contributed by atoms with van der Waals surface area (Å²) < 4.78 is 28.1. The van der Waals surface area contributed by atoms with Crippen molar-refractivity contribution in [1.29, 1.82) is 0 Å². The lowest BCUT2D eigenvalue weighted by Crippen LogP contribution is -2.11. The zero-order valence-corrected chi connectivity index (χ0v) is 18.1. The van der Waals surface area contributed by atoms with Gasteiger partial charge in [-0.2, -0.15) is 0 Å². The number of aromatic nitrogens is 1. The van der Waals surface area contributed by atoms with Crippen molar-refractivity contribution in [1.82, 2.24) is 3.97 Å². The molecule has 1 heterocycles. The van der Waals surface area contributed by atoms with Crippen LogP contribution >= 0.6 is 0 Å². The van der Waals surface area contributed by atoms with Gasteiger partial charge in [0.15, 0.2) is 0 Å². The molecule has 4 heteroatoms. The standard InChI is InChI=1S/C27H23NO2S/c1-2-8-24-19-28(31(29,30)25-11-4-3-5-12-25)27-16-15-23(18-26(24)27)22-14-13-20-9-6-7-10-21(20)17-22/h3-7,9-19H,2,8H2,1H3. The average Bonchev–Trinajstić information content (AvgIpc) is 3.18. The van der Waals surface area contributed by atoms with Gasteiger partial charge in [0, 0.05) is 11.6 Å². The Kier molecular flexibility index (Phi) is 4.87. The van der Waals surface area contributed by atoms with Crippen LogP contribution in [0.4, 0.5) is 0 Å². The highest BCUT2D eigenvalue weighted by atomic mass is 32.2. The van der Waals surface area contributed by atoms with E-state index in [9.17, 15) is 8.42 Å². The van der Waals surface area contributed by atoms with Crippen molar-refractivity contribution in [2.45, 2.75) is 24.7 Å². The van der Waals surface area contributed by atoms with E-state index < -0.39 is 10.0 Å². The second kappa shape index (κ2) is 7.71. The van der Waals surface area contributed by atoms with Gasteiger partial charge in [-0.1, -0.05) is 74.0 Å². The molecule has 0 aliphatic carbocycles. The Balaban J connectivity index is 1.69. The largest absolute Gasteiger partial charge is 0.268 e. The summed E-state index contributed by atoms with van der Waals surface area (Å²) in [5.41, 5.74) is 3.99. The summed E-state index contributed by atoms with van der Waals surface area (Å²) in [6, 6.07) is 29.4.